The number of hydrogen-bond donors (Lipinski definition) is 3. The molecule has 17 heavy (non-hydrogen) atoms. The van der Waals surface area contributed by atoms with E-state index in [-0.39, 0.29) is 11.9 Å². The molecule has 0 aromatic heterocycles. The summed E-state index contributed by atoms with van der Waals surface area (Å²) in [5, 5.41) is 3.12. The summed E-state index contributed by atoms with van der Waals surface area (Å²) in [6.45, 7) is 1.28. The zero-order valence-corrected chi connectivity index (χ0v) is 10.6. The van der Waals surface area contributed by atoms with Crippen molar-refractivity contribution < 1.29 is 19.1 Å². The number of piperidine rings is 1. The Morgan fingerprint density at radius 3 is 2.59 bits per heavy atom. The molecule has 2 atom stereocenters. The summed E-state index contributed by atoms with van der Waals surface area (Å²) in [5.74, 6) is -1.05. The van der Waals surface area contributed by atoms with Crippen molar-refractivity contribution in [3.05, 3.63) is 0 Å². The van der Waals surface area contributed by atoms with Crippen molar-refractivity contribution in [2.24, 2.45) is 0 Å². The third kappa shape index (κ3) is 2.88. The molecule has 2 aliphatic heterocycles. The van der Waals surface area contributed by atoms with Crippen molar-refractivity contribution in [2.75, 3.05) is 13.1 Å². The number of amides is 1. The average Bonchev–Trinajstić information content (AvgIpc) is 2.78. The first-order chi connectivity index (χ1) is 8.00. The van der Waals surface area contributed by atoms with E-state index >= 15 is 0 Å². The molecule has 2 heterocycles. The molecule has 0 unspecified atom stereocenters. The van der Waals surface area contributed by atoms with Gasteiger partial charge in [-0.15, -0.1) is 0 Å². The summed E-state index contributed by atoms with van der Waals surface area (Å²) in [7, 11) is -4.20. The highest BCUT2D eigenvalue weighted by atomic mass is 31.2. The van der Waals surface area contributed by atoms with E-state index in [0.717, 1.165) is 25.8 Å². The monoisotopic (exact) mass is 262 g/mol. The largest absolute Gasteiger partial charge is 0.347 e. The van der Waals surface area contributed by atoms with Crippen molar-refractivity contribution in [1.29, 1.82) is 0 Å². The lowest BCUT2D eigenvalue weighted by Gasteiger charge is -2.31. The van der Waals surface area contributed by atoms with Crippen molar-refractivity contribution in [1.82, 2.24) is 10.2 Å². The van der Waals surface area contributed by atoms with Crippen LogP contribution in [-0.2, 0) is 9.36 Å². The van der Waals surface area contributed by atoms with Gasteiger partial charge < -0.3 is 20.0 Å². The molecule has 0 bridgehead atoms. The van der Waals surface area contributed by atoms with Gasteiger partial charge >= 0.3 is 7.60 Å². The zero-order chi connectivity index (χ0) is 12.5. The zero-order valence-electron chi connectivity index (χ0n) is 9.71. The lowest BCUT2D eigenvalue weighted by molar-refractivity contribution is -0.133. The molecule has 2 saturated heterocycles. The topological polar surface area (TPSA) is 89.9 Å². The first kappa shape index (κ1) is 13.0. The van der Waals surface area contributed by atoms with E-state index in [1.54, 1.807) is 0 Å². The second kappa shape index (κ2) is 5.06. The Morgan fingerprint density at radius 1 is 1.24 bits per heavy atom. The first-order valence-electron chi connectivity index (χ1n) is 6.09. The average molecular weight is 262 g/mol. The Hall–Kier alpha value is -0.420. The molecule has 1 amide bonds. The number of hydrogen-bond acceptors (Lipinski definition) is 3. The van der Waals surface area contributed by atoms with E-state index in [9.17, 15) is 19.1 Å². The van der Waals surface area contributed by atoms with Gasteiger partial charge in [-0.05, 0) is 32.2 Å². The van der Waals surface area contributed by atoms with Gasteiger partial charge in [-0.3, -0.25) is 9.36 Å². The van der Waals surface area contributed by atoms with Crippen LogP contribution in [0.2, 0.25) is 0 Å². The van der Waals surface area contributed by atoms with Crippen molar-refractivity contribution in [3.8, 4) is 0 Å². The van der Waals surface area contributed by atoms with E-state index in [4.69, 9.17) is 0 Å². The number of carbonyl (C=O) groups is 1. The van der Waals surface area contributed by atoms with Crippen LogP contribution >= 0.6 is 7.60 Å². The SMILES string of the molecule is O=C([C@@H]1CCCCN1)N1CCC[C@@H]1P(=O)(O)O. The van der Waals surface area contributed by atoms with Crippen LogP contribution < -0.4 is 5.32 Å². The molecule has 2 aliphatic rings. The standard InChI is InChI=1S/C10H19N2O4P/c13-10(8-4-1-2-6-11-8)12-7-3-5-9(12)17(14,15)16/h8-9,11H,1-7H2,(H2,14,15,16)/t8-,9-/m0/s1. The van der Waals surface area contributed by atoms with Gasteiger partial charge in [0.2, 0.25) is 5.91 Å². The second-order valence-electron chi connectivity index (χ2n) is 4.75. The summed E-state index contributed by atoms with van der Waals surface area (Å²) in [5.41, 5.74) is 0. The molecule has 0 aromatic carbocycles. The van der Waals surface area contributed by atoms with Gasteiger partial charge in [0.05, 0.1) is 6.04 Å². The summed E-state index contributed by atoms with van der Waals surface area (Å²) >= 11 is 0. The molecule has 6 nitrogen and oxygen atoms in total. The summed E-state index contributed by atoms with van der Waals surface area (Å²) in [6.07, 6.45) is 3.91. The van der Waals surface area contributed by atoms with Crippen molar-refractivity contribution in [3.63, 3.8) is 0 Å². The number of rotatable bonds is 2. The minimum atomic E-state index is -4.20. The third-order valence-corrected chi connectivity index (χ3v) is 4.81. The Balaban J connectivity index is 2.05. The Kier molecular flexibility index (Phi) is 3.88. The Morgan fingerprint density at radius 2 is 2.00 bits per heavy atom. The van der Waals surface area contributed by atoms with E-state index in [1.807, 2.05) is 0 Å². The molecule has 0 aliphatic carbocycles. The summed E-state index contributed by atoms with van der Waals surface area (Å²) < 4.78 is 11.3. The highest BCUT2D eigenvalue weighted by molar-refractivity contribution is 7.52. The van der Waals surface area contributed by atoms with Gasteiger partial charge in [0.15, 0.2) is 0 Å². The molecule has 0 aromatic rings. The third-order valence-electron chi connectivity index (χ3n) is 3.50. The number of likely N-dealkylation sites (tertiary alicyclic amines) is 1. The molecule has 0 spiro atoms. The number of carbonyl (C=O) groups excluding carboxylic acids is 1. The van der Waals surface area contributed by atoms with E-state index in [0.29, 0.717) is 19.4 Å². The molecule has 2 rings (SSSR count). The Bertz CT molecular complexity index is 337. The van der Waals surface area contributed by atoms with E-state index in [2.05, 4.69) is 5.32 Å². The van der Waals surface area contributed by atoms with E-state index in [1.165, 1.54) is 4.90 Å². The molecule has 98 valence electrons. The van der Waals surface area contributed by atoms with Crippen molar-refractivity contribution in [2.45, 2.75) is 43.9 Å². The van der Waals surface area contributed by atoms with Gasteiger partial charge in [0, 0.05) is 6.54 Å². The maximum atomic E-state index is 12.2. The van der Waals surface area contributed by atoms with E-state index < -0.39 is 13.4 Å². The Labute approximate surface area is 101 Å². The molecule has 7 heteroatoms. The quantitative estimate of drug-likeness (QED) is 0.621. The lowest BCUT2D eigenvalue weighted by atomic mass is 10.0. The fourth-order valence-corrected chi connectivity index (χ4v) is 3.73. The van der Waals surface area contributed by atoms with Crippen LogP contribution in [0.1, 0.15) is 32.1 Å². The normalized spacial score (nSPS) is 30.6. The molecular weight excluding hydrogens is 243 g/mol. The van der Waals surface area contributed by atoms with Crippen LogP contribution in [0.25, 0.3) is 0 Å². The van der Waals surface area contributed by atoms with Crippen LogP contribution in [0.3, 0.4) is 0 Å². The number of nitrogens with zero attached hydrogens (tertiary/aromatic N) is 1. The highest BCUT2D eigenvalue weighted by Crippen LogP contribution is 2.48. The maximum Gasteiger partial charge on any atom is 0.347 e. The molecule has 0 saturated carbocycles. The second-order valence-corrected chi connectivity index (χ2v) is 6.52. The maximum absolute atomic E-state index is 12.2. The minimum absolute atomic E-state index is 0.143. The van der Waals surface area contributed by atoms with Crippen LogP contribution in [0.4, 0.5) is 0 Å². The van der Waals surface area contributed by atoms with Gasteiger partial charge in [-0.25, -0.2) is 0 Å². The van der Waals surface area contributed by atoms with Crippen LogP contribution in [0, 0.1) is 0 Å². The van der Waals surface area contributed by atoms with Gasteiger partial charge in [0.25, 0.3) is 0 Å². The predicted octanol–water partition coefficient (Wildman–Crippen LogP) is 0.255. The minimum Gasteiger partial charge on any atom is -0.327 e. The summed E-state index contributed by atoms with van der Waals surface area (Å²) in [6, 6.07) is -0.254. The van der Waals surface area contributed by atoms with Gasteiger partial charge in [0.1, 0.15) is 5.78 Å². The number of nitrogens with one attached hydrogen (secondary N) is 1. The molecule has 0 radical (unpaired) electrons. The van der Waals surface area contributed by atoms with Gasteiger partial charge in [-0.1, -0.05) is 6.42 Å². The predicted molar refractivity (Wildman–Crippen MR) is 62.4 cm³/mol. The fourth-order valence-electron chi connectivity index (χ4n) is 2.62. The first-order valence-corrected chi connectivity index (χ1v) is 7.77. The van der Waals surface area contributed by atoms with Crippen LogP contribution in [-0.4, -0.2) is 45.5 Å². The molecular formula is C10H19N2O4P. The van der Waals surface area contributed by atoms with Crippen LogP contribution in [0.15, 0.2) is 0 Å². The smallest absolute Gasteiger partial charge is 0.327 e. The lowest BCUT2D eigenvalue weighted by Crippen LogP contribution is -2.49. The molecule has 3 N–H and O–H groups in total. The highest BCUT2D eigenvalue weighted by Gasteiger charge is 2.42. The van der Waals surface area contributed by atoms with Gasteiger partial charge in [-0.2, -0.15) is 0 Å². The molecule has 2 fully saturated rings. The van der Waals surface area contributed by atoms with Crippen LogP contribution in [0.5, 0.6) is 0 Å². The fraction of sp³-hybridized carbons (Fsp3) is 0.900. The summed E-state index contributed by atoms with van der Waals surface area (Å²) in [4.78, 5) is 32.0. The van der Waals surface area contributed by atoms with Crippen molar-refractivity contribution >= 4 is 13.5 Å².